The zero-order valence-corrected chi connectivity index (χ0v) is 34.4. The van der Waals surface area contributed by atoms with Gasteiger partial charge in [0, 0.05) is 49.3 Å². The zero-order valence-electron chi connectivity index (χ0n) is 34.4. The van der Waals surface area contributed by atoms with Crippen molar-refractivity contribution in [2.24, 2.45) is 11.8 Å². The number of nitrogens with one attached hydrogen (secondary N) is 2. The highest BCUT2D eigenvalue weighted by Gasteiger charge is 2.34. The highest BCUT2D eigenvalue weighted by atomic mass is 19.1. The summed E-state index contributed by atoms with van der Waals surface area (Å²) >= 11 is 0. The minimum absolute atomic E-state index is 0.00673. The number of carbonyl (C=O) groups is 4. The van der Waals surface area contributed by atoms with Crippen LogP contribution in [0.2, 0.25) is 0 Å². The van der Waals surface area contributed by atoms with Crippen LogP contribution in [0.15, 0.2) is 57.9 Å². The molecule has 6 heterocycles. The van der Waals surface area contributed by atoms with Crippen LogP contribution in [0.25, 0.3) is 22.4 Å². The highest BCUT2D eigenvalue weighted by molar-refractivity contribution is 6.00. The highest BCUT2D eigenvalue weighted by Crippen LogP contribution is 2.34. The van der Waals surface area contributed by atoms with Crippen LogP contribution >= 0.6 is 0 Å². The first kappa shape index (κ1) is 40.7. The Bertz CT molecular complexity index is 2350. The van der Waals surface area contributed by atoms with Gasteiger partial charge in [0.15, 0.2) is 11.4 Å². The number of benzene rings is 2. The Morgan fingerprint density at radius 3 is 2.56 bits per heavy atom. The van der Waals surface area contributed by atoms with Crippen LogP contribution in [-0.2, 0) is 19.1 Å². The number of imide groups is 1. The Kier molecular flexibility index (Phi) is 11.9. The number of piperidine rings is 3. The van der Waals surface area contributed by atoms with E-state index in [1.807, 2.05) is 18.2 Å². The predicted octanol–water partition coefficient (Wildman–Crippen LogP) is 5.99. The Balaban J connectivity index is 0.722. The van der Waals surface area contributed by atoms with Gasteiger partial charge in [-0.25, -0.2) is 23.9 Å². The zero-order chi connectivity index (χ0) is 42.0. The van der Waals surface area contributed by atoms with E-state index in [0.717, 1.165) is 96.1 Å². The van der Waals surface area contributed by atoms with E-state index in [1.54, 1.807) is 29.2 Å². The number of rotatable bonds is 10. The first-order valence-electron chi connectivity index (χ1n) is 22.0. The molecule has 0 radical (unpaired) electrons. The van der Waals surface area contributed by atoms with Gasteiger partial charge in [-0.05, 0) is 126 Å². The van der Waals surface area contributed by atoms with Gasteiger partial charge in [-0.1, -0.05) is 24.6 Å². The molecule has 3 atom stereocenters. The summed E-state index contributed by atoms with van der Waals surface area (Å²) in [6.07, 6.45) is 10.4. The summed E-state index contributed by atoms with van der Waals surface area (Å²) in [5.74, 6) is -0.530. The molecule has 16 heteroatoms. The smallest absolute Gasteiger partial charge is 0.420 e. The second-order valence-corrected chi connectivity index (χ2v) is 17.4. The number of oxazole rings is 1. The fraction of sp³-hybridized carbons (Fsp3) is 0.533. The molecular formula is C45H53FN8O7. The van der Waals surface area contributed by atoms with Gasteiger partial charge in [0.25, 0.3) is 0 Å². The van der Waals surface area contributed by atoms with Gasteiger partial charge < -0.3 is 24.3 Å². The molecule has 1 unspecified atom stereocenters. The summed E-state index contributed by atoms with van der Waals surface area (Å²) in [5, 5.41) is 5.72. The summed E-state index contributed by atoms with van der Waals surface area (Å²) in [5.41, 5.74) is 3.48. The van der Waals surface area contributed by atoms with Crippen LogP contribution in [0, 0.1) is 17.7 Å². The van der Waals surface area contributed by atoms with Gasteiger partial charge in [-0.15, -0.1) is 0 Å². The second-order valence-electron chi connectivity index (χ2n) is 17.4. The lowest BCUT2D eigenvalue weighted by Gasteiger charge is -2.38. The van der Waals surface area contributed by atoms with E-state index < -0.39 is 29.6 Å². The number of hydrogen-bond donors (Lipinski definition) is 2. The molecule has 2 aromatic carbocycles. The molecule has 322 valence electrons. The Morgan fingerprint density at radius 2 is 1.75 bits per heavy atom. The van der Waals surface area contributed by atoms with Crippen molar-refractivity contribution in [3.63, 3.8) is 0 Å². The third kappa shape index (κ3) is 8.91. The molecule has 4 aromatic rings. The molecule has 0 bridgehead atoms. The molecule has 0 spiro atoms. The van der Waals surface area contributed by atoms with Crippen molar-refractivity contribution < 1.29 is 32.7 Å². The van der Waals surface area contributed by atoms with E-state index in [0.29, 0.717) is 59.7 Å². The van der Waals surface area contributed by atoms with E-state index in [-0.39, 0.29) is 42.3 Å². The Morgan fingerprint density at radius 1 is 0.918 bits per heavy atom. The van der Waals surface area contributed by atoms with E-state index in [1.165, 1.54) is 10.8 Å². The van der Waals surface area contributed by atoms with Gasteiger partial charge in [0.05, 0.1) is 18.3 Å². The number of anilines is 2. The molecule has 61 heavy (non-hydrogen) atoms. The molecule has 4 aliphatic heterocycles. The van der Waals surface area contributed by atoms with E-state index in [4.69, 9.17) is 9.15 Å². The Labute approximate surface area is 353 Å². The van der Waals surface area contributed by atoms with Crippen LogP contribution in [0.3, 0.4) is 0 Å². The summed E-state index contributed by atoms with van der Waals surface area (Å²) < 4.78 is 27.2. The van der Waals surface area contributed by atoms with Crippen LogP contribution in [0.5, 0.6) is 0 Å². The monoisotopic (exact) mass is 836 g/mol. The standard InChI is InChI=1S/C45H53FN8O7/c46-35-27-47-43(50-40(35)31-4-2-7-34(25-31)53-17-3-23-60-44(53)58)48-33-6-1-5-32(24-33)42(57)52-21-13-28(14-22-52)12-18-51-19-15-29(16-20-51)30-8-9-36-38(26-30)61-45(59)54(36)37-10-11-39(55)49-41(37)56/h2,4,7-9,25-29,32-33,37H,1,3,5-6,10-24H2,(H,47,48,50)(H,49,55,56)/t32-,33+,37?/m1/s1. The first-order valence-corrected chi connectivity index (χ1v) is 22.0. The van der Waals surface area contributed by atoms with Crippen LogP contribution in [-0.4, -0.2) is 100 Å². The first-order chi connectivity index (χ1) is 29.7. The van der Waals surface area contributed by atoms with Crippen molar-refractivity contribution in [3.05, 3.63) is 70.6 Å². The van der Waals surface area contributed by atoms with Crippen molar-refractivity contribution in [1.29, 1.82) is 0 Å². The predicted molar refractivity (Wildman–Crippen MR) is 224 cm³/mol. The second kappa shape index (κ2) is 17.8. The number of nitrogens with zero attached hydrogens (tertiary/aromatic N) is 6. The largest absolute Gasteiger partial charge is 0.449 e. The van der Waals surface area contributed by atoms with Crippen LogP contribution < -0.4 is 21.3 Å². The minimum Gasteiger partial charge on any atom is -0.449 e. The third-order valence-corrected chi connectivity index (χ3v) is 13.5. The summed E-state index contributed by atoms with van der Waals surface area (Å²) in [6, 6.07) is 12.2. The molecule has 2 aromatic heterocycles. The average molecular weight is 837 g/mol. The van der Waals surface area contributed by atoms with Crippen molar-refractivity contribution in [3.8, 4) is 11.3 Å². The summed E-state index contributed by atoms with van der Waals surface area (Å²) in [6.45, 7) is 5.50. The lowest BCUT2D eigenvalue weighted by atomic mass is 9.84. The van der Waals surface area contributed by atoms with Crippen molar-refractivity contribution >= 4 is 46.6 Å². The SMILES string of the molecule is O=C1CCC(n2c(=O)oc3cc(C4CCN(CCC5CCN(C(=O)[C@@H]6CCC[C@H](Nc7ncc(F)c(-c8cccc(N9CCCOC9=O)c8)n7)C6)CC5)CC4)ccc32)C(=O)N1. The lowest BCUT2D eigenvalue weighted by molar-refractivity contribution is -0.138. The normalized spacial score (nSPS) is 23.6. The van der Waals surface area contributed by atoms with Crippen molar-refractivity contribution in [2.75, 3.05) is 56.1 Å². The number of ether oxygens (including phenoxy) is 1. The molecule has 2 N–H and O–H groups in total. The molecule has 1 aliphatic carbocycles. The third-order valence-electron chi connectivity index (χ3n) is 13.5. The van der Waals surface area contributed by atoms with Gasteiger partial charge in [0.2, 0.25) is 23.7 Å². The molecule has 4 saturated heterocycles. The topological polar surface area (TPSA) is 172 Å². The maximum absolute atomic E-state index is 15.1. The Hall–Kier alpha value is -5.64. The quantitative estimate of drug-likeness (QED) is 0.180. The van der Waals surface area contributed by atoms with Gasteiger partial charge in [-0.3, -0.25) is 29.2 Å². The van der Waals surface area contributed by atoms with Crippen LogP contribution in [0.4, 0.5) is 20.8 Å². The van der Waals surface area contributed by atoms with Gasteiger partial charge in [-0.2, -0.15) is 0 Å². The fourth-order valence-electron chi connectivity index (χ4n) is 10.1. The summed E-state index contributed by atoms with van der Waals surface area (Å²) in [7, 11) is 0. The number of amides is 4. The lowest BCUT2D eigenvalue weighted by Crippen LogP contribution is -2.44. The van der Waals surface area contributed by atoms with E-state index in [9.17, 15) is 24.0 Å². The number of aromatic nitrogens is 3. The van der Waals surface area contributed by atoms with E-state index >= 15 is 4.39 Å². The van der Waals surface area contributed by atoms with Crippen molar-refractivity contribution in [1.82, 2.24) is 29.7 Å². The molecule has 5 fully saturated rings. The molecule has 5 aliphatic rings. The molecular weight excluding hydrogens is 784 g/mol. The fourth-order valence-corrected chi connectivity index (χ4v) is 10.1. The minimum atomic E-state index is -0.754. The van der Waals surface area contributed by atoms with Crippen molar-refractivity contribution in [2.45, 2.75) is 95.1 Å². The number of likely N-dealkylation sites (tertiary alicyclic amines) is 2. The number of hydrogen-bond acceptors (Lipinski definition) is 11. The molecule has 4 amide bonds. The van der Waals surface area contributed by atoms with Gasteiger partial charge >= 0.3 is 11.8 Å². The number of fused-ring (bicyclic) bond motifs is 1. The average Bonchev–Trinajstić information content (AvgIpc) is 3.61. The maximum Gasteiger partial charge on any atom is 0.420 e. The van der Waals surface area contributed by atoms with Crippen LogP contribution in [0.1, 0.15) is 94.6 Å². The number of halogens is 1. The molecule has 15 nitrogen and oxygen atoms in total. The van der Waals surface area contributed by atoms with Gasteiger partial charge in [0.1, 0.15) is 11.7 Å². The number of carbonyl (C=O) groups excluding carboxylic acids is 4. The maximum atomic E-state index is 15.1. The molecule has 9 rings (SSSR count). The van der Waals surface area contributed by atoms with E-state index in [2.05, 4.69) is 30.4 Å². The molecule has 1 saturated carbocycles. The summed E-state index contributed by atoms with van der Waals surface area (Å²) in [4.78, 5) is 77.9. The number of cyclic esters (lactones) is 1.